The molecule has 1 unspecified atom stereocenters. The lowest BCUT2D eigenvalue weighted by atomic mass is 9.92. The summed E-state index contributed by atoms with van der Waals surface area (Å²) in [6, 6.07) is 14.8. The topological polar surface area (TPSA) is 79.3 Å². The Morgan fingerprint density at radius 1 is 1.17 bits per heavy atom. The number of anilines is 1. The number of hydrogen-bond donors (Lipinski definition) is 2. The second-order valence-electron chi connectivity index (χ2n) is 5.45. The molecule has 5 nitrogen and oxygen atoms in total. The normalized spacial score (nSPS) is 12.1. The van der Waals surface area contributed by atoms with Crippen molar-refractivity contribution in [2.24, 2.45) is 0 Å². The van der Waals surface area contributed by atoms with E-state index in [4.69, 9.17) is 4.55 Å². The maximum atomic E-state index is 12.2. The van der Waals surface area contributed by atoms with Crippen molar-refractivity contribution in [2.75, 3.05) is 4.72 Å². The van der Waals surface area contributed by atoms with Crippen LogP contribution in [0.15, 0.2) is 48.5 Å². The molecule has 2 N–H and O–H groups in total. The Hall–Kier alpha value is -2.57. The number of aromatic nitrogens is 1. The minimum Gasteiger partial charge on any atom is -0.294 e. The van der Waals surface area contributed by atoms with E-state index in [9.17, 15) is 9.00 Å². The second kappa shape index (κ2) is 6.51. The summed E-state index contributed by atoms with van der Waals surface area (Å²) >= 11 is -2.17. The molecule has 0 bridgehead atoms. The Bertz CT molecular complexity index is 955. The minimum atomic E-state index is -2.17. The number of fused-ring (bicyclic) bond motifs is 1. The summed E-state index contributed by atoms with van der Waals surface area (Å²) in [5, 5.41) is 0.757. The number of Topliss-reactive ketones (excluding diaryl/α,β-unsaturated/α-hetero) is 1. The van der Waals surface area contributed by atoms with Crippen molar-refractivity contribution in [2.45, 2.75) is 13.8 Å². The number of carbonyl (C=O) groups is 1. The van der Waals surface area contributed by atoms with Gasteiger partial charge in [-0.15, -0.1) is 0 Å². The van der Waals surface area contributed by atoms with Gasteiger partial charge in [-0.2, -0.15) is 0 Å². The number of rotatable bonds is 4. The summed E-state index contributed by atoms with van der Waals surface area (Å²) in [6.45, 7) is 3.34. The lowest BCUT2D eigenvalue weighted by Gasteiger charge is -2.15. The summed E-state index contributed by atoms with van der Waals surface area (Å²) in [5.41, 5.74) is 4.14. The lowest BCUT2D eigenvalue weighted by molar-refractivity contribution is 0.101. The molecular weight excluding hydrogens is 324 g/mol. The first-order chi connectivity index (χ1) is 11.5. The van der Waals surface area contributed by atoms with Crippen LogP contribution in [0.3, 0.4) is 0 Å². The average Bonchev–Trinajstić information content (AvgIpc) is 2.54. The van der Waals surface area contributed by atoms with Crippen LogP contribution in [-0.4, -0.2) is 19.5 Å². The third kappa shape index (κ3) is 3.06. The van der Waals surface area contributed by atoms with Crippen LogP contribution >= 0.6 is 0 Å². The van der Waals surface area contributed by atoms with Gasteiger partial charge in [0.1, 0.15) is 0 Å². The van der Waals surface area contributed by atoms with Gasteiger partial charge < -0.3 is 0 Å². The van der Waals surface area contributed by atoms with Crippen molar-refractivity contribution < 1.29 is 13.6 Å². The van der Waals surface area contributed by atoms with E-state index in [2.05, 4.69) is 9.71 Å². The Morgan fingerprint density at radius 3 is 2.50 bits per heavy atom. The number of nitrogens with one attached hydrogen (secondary N) is 1. The van der Waals surface area contributed by atoms with Gasteiger partial charge in [0, 0.05) is 27.9 Å². The van der Waals surface area contributed by atoms with Crippen molar-refractivity contribution in [1.29, 1.82) is 0 Å². The van der Waals surface area contributed by atoms with Gasteiger partial charge in [0.25, 0.3) is 11.3 Å². The highest BCUT2D eigenvalue weighted by atomic mass is 32.2. The quantitative estimate of drug-likeness (QED) is 0.556. The van der Waals surface area contributed by atoms with E-state index in [1.54, 1.807) is 18.2 Å². The van der Waals surface area contributed by atoms with Crippen LogP contribution in [-0.2, 0) is 11.3 Å². The molecule has 0 aliphatic carbocycles. The smallest absolute Gasteiger partial charge is 0.259 e. The van der Waals surface area contributed by atoms with Gasteiger partial charge >= 0.3 is 0 Å². The van der Waals surface area contributed by atoms with Gasteiger partial charge in [0.05, 0.1) is 5.52 Å². The lowest BCUT2D eigenvalue weighted by Crippen LogP contribution is -2.05. The summed E-state index contributed by atoms with van der Waals surface area (Å²) in [4.78, 5) is 16.7. The second-order valence-corrected chi connectivity index (χ2v) is 6.16. The largest absolute Gasteiger partial charge is 0.294 e. The third-order valence-electron chi connectivity index (χ3n) is 3.79. The number of carbonyl (C=O) groups excluding carboxylic acids is 1. The molecule has 0 fully saturated rings. The predicted octanol–water partition coefficient (Wildman–Crippen LogP) is 3.96. The summed E-state index contributed by atoms with van der Waals surface area (Å²) in [6.07, 6.45) is 0. The van der Waals surface area contributed by atoms with E-state index in [1.165, 1.54) is 6.92 Å². The molecule has 0 aliphatic heterocycles. The number of ketones is 1. The summed E-state index contributed by atoms with van der Waals surface area (Å²) in [5.74, 6) is -0.0650. The van der Waals surface area contributed by atoms with Crippen molar-refractivity contribution >= 4 is 33.6 Å². The molecule has 0 aliphatic rings. The molecule has 0 saturated carbocycles. The average molecular weight is 340 g/mol. The molecule has 0 saturated heterocycles. The van der Waals surface area contributed by atoms with E-state index in [0.717, 1.165) is 22.0 Å². The Morgan fingerprint density at radius 2 is 1.88 bits per heavy atom. The van der Waals surface area contributed by atoms with Gasteiger partial charge in [-0.25, -0.2) is 4.21 Å². The van der Waals surface area contributed by atoms with Gasteiger partial charge in [-0.1, -0.05) is 30.3 Å². The molecule has 1 aromatic heterocycles. The summed E-state index contributed by atoms with van der Waals surface area (Å²) in [7, 11) is 0. The van der Waals surface area contributed by atoms with Gasteiger partial charge in [0.15, 0.2) is 5.78 Å². The van der Waals surface area contributed by atoms with Crippen molar-refractivity contribution in [1.82, 2.24) is 4.98 Å². The molecule has 2 aromatic carbocycles. The highest BCUT2D eigenvalue weighted by Gasteiger charge is 2.18. The molecule has 1 heterocycles. The number of benzene rings is 2. The number of hydrogen-bond acceptors (Lipinski definition) is 3. The van der Waals surface area contributed by atoms with Crippen molar-refractivity contribution in [3.8, 4) is 11.1 Å². The third-order valence-corrected chi connectivity index (χ3v) is 4.20. The van der Waals surface area contributed by atoms with Crippen molar-refractivity contribution in [3.05, 3.63) is 59.8 Å². The van der Waals surface area contributed by atoms with Crippen LogP contribution < -0.4 is 4.72 Å². The molecule has 122 valence electrons. The zero-order chi connectivity index (χ0) is 17.3. The Labute approximate surface area is 142 Å². The maximum absolute atomic E-state index is 12.2. The van der Waals surface area contributed by atoms with E-state index in [-0.39, 0.29) is 5.78 Å². The molecule has 0 radical (unpaired) electrons. The van der Waals surface area contributed by atoms with E-state index in [0.29, 0.717) is 16.9 Å². The first-order valence-electron chi connectivity index (χ1n) is 7.35. The molecule has 6 heteroatoms. The molecule has 24 heavy (non-hydrogen) atoms. The number of pyridine rings is 1. The standard InChI is InChI=1S/C18H16N2O3S/c1-11-17(12(2)21)18(13-6-4-3-5-7-13)15-10-14(20-24(22)23)8-9-16(15)19-11/h3-10,20H,1-2H3,(H,22,23). The monoisotopic (exact) mass is 340 g/mol. The fourth-order valence-electron chi connectivity index (χ4n) is 2.89. The molecule has 3 rings (SSSR count). The number of aryl methyl sites for hydroxylation is 1. The predicted molar refractivity (Wildman–Crippen MR) is 96.3 cm³/mol. The molecule has 0 spiro atoms. The molecule has 0 amide bonds. The Balaban J connectivity index is 2.39. The van der Waals surface area contributed by atoms with Crippen LogP contribution in [0.25, 0.3) is 22.0 Å². The van der Waals surface area contributed by atoms with Crippen LogP contribution in [0.4, 0.5) is 5.69 Å². The number of nitrogens with zero attached hydrogens (tertiary/aromatic N) is 1. The van der Waals surface area contributed by atoms with E-state index < -0.39 is 11.3 Å². The zero-order valence-corrected chi connectivity index (χ0v) is 14.1. The van der Waals surface area contributed by atoms with Gasteiger partial charge in [-0.05, 0) is 37.6 Å². The zero-order valence-electron chi connectivity index (χ0n) is 13.2. The highest BCUT2D eigenvalue weighted by Crippen LogP contribution is 2.34. The fourth-order valence-corrected chi connectivity index (χ4v) is 3.21. The van der Waals surface area contributed by atoms with E-state index >= 15 is 0 Å². The van der Waals surface area contributed by atoms with Gasteiger partial charge in [-0.3, -0.25) is 19.1 Å². The van der Waals surface area contributed by atoms with Crippen LogP contribution in [0.2, 0.25) is 0 Å². The van der Waals surface area contributed by atoms with Crippen LogP contribution in [0, 0.1) is 6.92 Å². The highest BCUT2D eigenvalue weighted by molar-refractivity contribution is 7.80. The first-order valence-corrected chi connectivity index (χ1v) is 8.46. The van der Waals surface area contributed by atoms with Crippen LogP contribution in [0.5, 0.6) is 0 Å². The minimum absolute atomic E-state index is 0.0650. The van der Waals surface area contributed by atoms with Crippen LogP contribution in [0.1, 0.15) is 23.0 Å². The molecule has 1 atom stereocenters. The fraction of sp³-hybridized carbons (Fsp3) is 0.111. The first kappa shape index (κ1) is 16.3. The SMILES string of the molecule is CC(=O)c1c(C)nc2ccc(NS(=O)O)cc2c1-c1ccccc1. The summed E-state index contributed by atoms with van der Waals surface area (Å²) < 4.78 is 22.5. The van der Waals surface area contributed by atoms with Crippen molar-refractivity contribution in [3.63, 3.8) is 0 Å². The van der Waals surface area contributed by atoms with E-state index in [1.807, 2.05) is 37.3 Å². The maximum Gasteiger partial charge on any atom is 0.259 e. The molecular formula is C18H16N2O3S. The molecule has 3 aromatic rings. The van der Waals surface area contributed by atoms with Gasteiger partial charge in [0.2, 0.25) is 0 Å². The Kier molecular flexibility index (Phi) is 4.42.